The van der Waals surface area contributed by atoms with E-state index in [0.29, 0.717) is 34.4 Å². The van der Waals surface area contributed by atoms with Crippen LogP contribution >= 0.6 is 0 Å². The van der Waals surface area contributed by atoms with Crippen molar-refractivity contribution in [1.29, 1.82) is 0 Å². The summed E-state index contributed by atoms with van der Waals surface area (Å²) >= 11 is 0. The van der Waals surface area contributed by atoms with Crippen LogP contribution in [0.3, 0.4) is 0 Å². The first kappa shape index (κ1) is 21.0. The van der Waals surface area contributed by atoms with Crippen LogP contribution < -0.4 is 14.8 Å². The molecule has 34 heavy (non-hydrogen) atoms. The minimum absolute atomic E-state index is 0.216. The number of aromatic nitrogens is 3. The third-order valence-electron chi connectivity index (χ3n) is 4.93. The Morgan fingerprint density at radius 2 is 1.29 bits per heavy atom. The molecule has 5 rings (SSSR count). The molecule has 3 aromatic carbocycles. The number of para-hydroxylation sites is 1. The first-order valence-electron chi connectivity index (χ1n) is 10.6. The maximum Gasteiger partial charge on any atom is 0.255 e. The molecule has 0 radical (unpaired) electrons. The van der Waals surface area contributed by atoms with Crippen molar-refractivity contribution in [3.63, 3.8) is 0 Å². The summed E-state index contributed by atoms with van der Waals surface area (Å²) < 4.78 is 13.4. The summed E-state index contributed by atoms with van der Waals surface area (Å²) in [4.78, 5) is 12.6. The van der Waals surface area contributed by atoms with Crippen molar-refractivity contribution in [1.82, 2.24) is 14.8 Å². The zero-order chi connectivity index (χ0) is 23.2. The quantitative estimate of drug-likeness (QED) is 0.325. The van der Waals surface area contributed by atoms with Crippen molar-refractivity contribution in [3.8, 4) is 28.9 Å². The van der Waals surface area contributed by atoms with Crippen LogP contribution in [0.4, 0.5) is 5.69 Å². The first-order chi connectivity index (χ1) is 16.7. The number of carbonyl (C=O) groups excluding carboxylic acids is 1. The summed E-state index contributed by atoms with van der Waals surface area (Å²) in [6.07, 6.45) is 3.79. The maximum atomic E-state index is 12.6. The molecule has 5 aromatic rings. The molecule has 2 heterocycles. The Morgan fingerprint density at radius 3 is 1.97 bits per heavy atom. The highest BCUT2D eigenvalue weighted by Gasteiger charge is 2.08. The molecule has 166 valence electrons. The Bertz CT molecular complexity index is 1350. The zero-order valence-electron chi connectivity index (χ0n) is 18.0. The number of rotatable bonds is 7. The summed E-state index contributed by atoms with van der Waals surface area (Å²) in [7, 11) is 0. The molecule has 0 unspecified atom stereocenters. The maximum absolute atomic E-state index is 12.6. The summed E-state index contributed by atoms with van der Waals surface area (Å²) in [5.74, 6) is 2.86. The number of anilines is 1. The molecule has 0 aliphatic rings. The van der Waals surface area contributed by atoms with Gasteiger partial charge in [0.1, 0.15) is 17.2 Å². The predicted molar refractivity (Wildman–Crippen MR) is 129 cm³/mol. The van der Waals surface area contributed by atoms with E-state index < -0.39 is 0 Å². The van der Waals surface area contributed by atoms with E-state index >= 15 is 0 Å². The lowest BCUT2D eigenvalue weighted by Crippen LogP contribution is -2.11. The number of nitrogens with one attached hydrogen (secondary N) is 1. The van der Waals surface area contributed by atoms with Gasteiger partial charge in [0.25, 0.3) is 5.91 Å². The molecule has 0 aliphatic heterocycles. The topological polar surface area (TPSA) is 78.3 Å². The lowest BCUT2D eigenvalue weighted by Gasteiger charge is -2.09. The molecule has 7 nitrogen and oxygen atoms in total. The summed E-state index contributed by atoms with van der Waals surface area (Å²) in [6, 6.07) is 30.9. The highest BCUT2D eigenvalue weighted by atomic mass is 16.5. The van der Waals surface area contributed by atoms with Crippen LogP contribution in [0.2, 0.25) is 0 Å². The fourth-order valence-corrected chi connectivity index (χ4v) is 3.22. The summed E-state index contributed by atoms with van der Waals surface area (Å²) in [6.45, 7) is 0. The molecular formula is C27H20N4O3. The fourth-order valence-electron chi connectivity index (χ4n) is 3.22. The van der Waals surface area contributed by atoms with Gasteiger partial charge >= 0.3 is 0 Å². The largest absolute Gasteiger partial charge is 0.457 e. The van der Waals surface area contributed by atoms with E-state index in [1.54, 1.807) is 54.6 Å². The average molecular weight is 448 g/mol. The van der Waals surface area contributed by atoms with Crippen molar-refractivity contribution < 1.29 is 14.3 Å². The van der Waals surface area contributed by atoms with Crippen molar-refractivity contribution in [2.24, 2.45) is 0 Å². The highest BCUT2D eigenvalue weighted by Crippen LogP contribution is 2.23. The van der Waals surface area contributed by atoms with E-state index in [1.165, 1.54) is 0 Å². The monoisotopic (exact) mass is 448 g/mol. The number of benzene rings is 3. The van der Waals surface area contributed by atoms with Gasteiger partial charge in [-0.05, 0) is 78.9 Å². The van der Waals surface area contributed by atoms with Gasteiger partial charge in [0.05, 0.1) is 0 Å². The van der Waals surface area contributed by atoms with Crippen LogP contribution in [-0.4, -0.2) is 20.7 Å². The third kappa shape index (κ3) is 5.11. The molecule has 0 spiro atoms. The molecule has 2 aromatic heterocycles. The minimum atomic E-state index is -0.216. The van der Waals surface area contributed by atoms with Crippen molar-refractivity contribution in [2.45, 2.75) is 0 Å². The van der Waals surface area contributed by atoms with Crippen LogP contribution in [0.5, 0.6) is 23.1 Å². The van der Waals surface area contributed by atoms with Crippen molar-refractivity contribution in [3.05, 3.63) is 121 Å². The van der Waals surface area contributed by atoms with Crippen molar-refractivity contribution in [2.75, 3.05) is 5.32 Å². The van der Waals surface area contributed by atoms with E-state index in [1.807, 2.05) is 65.5 Å². The van der Waals surface area contributed by atoms with Crippen LogP contribution in [0.25, 0.3) is 5.82 Å². The Hall–Kier alpha value is -4.91. The molecule has 7 heteroatoms. The number of hydrogen-bond acceptors (Lipinski definition) is 5. The van der Waals surface area contributed by atoms with Gasteiger partial charge in [0.2, 0.25) is 5.88 Å². The van der Waals surface area contributed by atoms with Crippen LogP contribution in [0.1, 0.15) is 10.4 Å². The number of nitrogens with zero attached hydrogens (tertiary/aromatic N) is 3. The summed E-state index contributed by atoms with van der Waals surface area (Å²) in [5, 5.41) is 11.1. The van der Waals surface area contributed by atoms with Crippen LogP contribution in [0, 0.1) is 0 Å². The lowest BCUT2D eigenvalue weighted by molar-refractivity contribution is 0.102. The fraction of sp³-hybridized carbons (Fsp3) is 0. The van der Waals surface area contributed by atoms with Gasteiger partial charge < -0.3 is 19.4 Å². The van der Waals surface area contributed by atoms with Gasteiger partial charge in [-0.3, -0.25) is 4.79 Å². The Labute approximate surface area is 196 Å². The second-order valence-electron chi connectivity index (χ2n) is 7.34. The van der Waals surface area contributed by atoms with E-state index in [-0.39, 0.29) is 5.91 Å². The van der Waals surface area contributed by atoms with Gasteiger partial charge in [0.15, 0.2) is 5.82 Å². The number of ether oxygens (including phenoxy) is 2. The Morgan fingerprint density at radius 1 is 0.647 bits per heavy atom. The molecule has 0 aliphatic carbocycles. The van der Waals surface area contributed by atoms with E-state index in [0.717, 1.165) is 5.75 Å². The van der Waals surface area contributed by atoms with E-state index in [9.17, 15) is 4.79 Å². The molecule has 1 N–H and O–H groups in total. The first-order valence-corrected chi connectivity index (χ1v) is 10.6. The van der Waals surface area contributed by atoms with Gasteiger partial charge in [-0.25, -0.2) is 0 Å². The van der Waals surface area contributed by atoms with Crippen LogP contribution in [-0.2, 0) is 0 Å². The molecule has 0 saturated heterocycles. The average Bonchev–Trinajstić information content (AvgIpc) is 3.42. The number of carbonyl (C=O) groups is 1. The second-order valence-corrected chi connectivity index (χ2v) is 7.34. The second kappa shape index (κ2) is 9.70. The van der Waals surface area contributed by atoms with Gasteiger partial charge in [-0.2, -0.15) is 0 Å². The minimum Gasteiger partial charge on any atom is -0.457 e. The lowest BCUT2D eigenvalue weighted by atomic mass is 10.2. The number of amides is 1. The smallest absolute Gasteiger partial charge is 0.255 e. The van der Waals surface area contributed by atoms with Gasteiger partial charge in [-0.15, -0.1) is 10.2 Å². The van der Waals surface area contributed by atoms with Gasteiger partial charge in [-0.1, -0.05) is 18.2 Å². The molecular weight excluding hydrogens is 428 g/mol. The van der Waals surface area contributed by atoms with E-state index in [2.05, 4.69) is 15.5 Å². The molecule has 0 saturated carbocycles. The summed E-state index contributed by atoms with van der Waals surface area (Å²) in [5.41, 5.74) is 1.18. The Kier molecular flexibility index (Phi) is 5.98. The van der Waals surface area contributed by atoms with Gasteiger partial charge in [0, 0.05) is 29.7 Å². The molecule has 0 bridgehead atoms. The van der Waals surface area contributed by atoms with Crippen LogP contribution in [0.15, 0.2) is 116 Å². The SMILES string of the molecule is O=C(Nc1ccc(Oc2ccc(-n3cccc3)nn2)cc1)c1ccc(Oc2ccccc2)cc1. The normalized spacial score (nSPS) is 10.5. The standard InChI is InChI=1S/C27H20N4O3/c32-27(20-8-12-23(13-9-20)33-22-6-2-1-3-7-22)28-21-10-14-24(15-11-21)34-26-17-16-25(29-30-26)31-18-4-5-19-31/h1-19H,(H,28,32). The zero-order valence-corrected chi connectivity index (χ0v) is 18.0. The molecule has 1 amide bonds. The molecule has 0 atom stereocenters. The van der Waals surface area contributed by atoms with E-state index in [4.69, 9.17) is 9.47 Å². The third-order valence-corrected chi connectivity index (χ3v) is 4.93. The highest BCUT2D eigenvalue weighted by molar-refractivity contribution is 6.04. The molecule has 0 fully saturated rings. The number of hydrogen-bond donors (Lipinski definition) is 1. The predicted octanol–water partition coefficient (Wildman–Crippen LogP) is 6.10. The Balaban J connectivity index is 1.17. The van der Waals surface area contributed by atoms with Crippen molar-refractivity contribution >= 4 is 11.6 Å².